The lowest BCUT2D eigenvalue weighted by Crippen LogP contribution is -2.30. The maximum Gasteiger partial charge on any atom is 0.280 e. The van der Waals surface area contributed by atoms with Crippen LogP contribution in [0.15, 0.2) is 55.0 Å². The average Bonchev–Trinajstić information content (AvgIpc) is 3.39. The van der Waals surface area contributed by atoms with E-state index in [1.54, 1.807) is 28.0 Å². The quantitative estimate of drug-likeness (QED) is 0.491. The molecule has 0 aliphatic carbocycles. The molecule has 4 aromatic rings. The number of aromatic nitrogens is 4. The van der Waals surface area contributed by atoms with Gasteiger partial charge in [-0.25, -0.2) is 4.98 Å². The van der Waals surface area contributed by atoms with E-state index < -0.39 is 0 Å². The highest BCUT2D eigenvalue weighted by molar-refractivity contribution is 7.22. The second-order valence-electron chi connectivity index (χ2n) is 6.42. The molecule has 0 fully saturated rings. The smallest absolute Gasteiger partial charge is 0.278 e. The molecule has 1 aromatic carbocycles. The maximum atomic E-state index is 13.3. The van der Waals surface area contributed by atoms with Crippen molar-refractivity contribution in [2.75, 3.05) is 4.90 Å². The number of carbonyl (C=O) groups excluding carboxylic acids is 1. The average molecular weight is 392 g/mol. The van der Waals surface area contributed by atoms with Crippen LogP contribution in [0.1, 0.15) is 35.5 Å². The molecular weight excluding hydrogens is 370 g/mol. The van der Waals surface area contributed by atoms with Gasteiger partial charge in [0.1, 0.15) is 0 Å². The van der Waals surface area contributed by atoms with E-state index in [9.17, 15) is 4.79 Å². The molecule has 0 spiro atoms. The molecule has 6 nitrogen and oxygen atoms in total. The summed E-state index contributed by atoms with van der Waals surface area (Å²) in [5.41, 5.74) is 3.51. The first-order valence-electron chi connectivity index (χ1n) is 9.32. The predicted octanol–water partition coefficient (Wildman–Crippen LogP) is 4.32. The van der Waals surface area contributed by atoms with E-state index in [-0.39, 0.29) is 5.91 Å². The molecule has 0 radical (unpaired) electrons. The molecule has 3 aromatic heterocycles. The van der Waals surface area contributed by atoms with Crippen molar-refractivity contribution in [1.29, 1.82) is 0 Å². The van der Waals surface area contributed by atoms with Crippen LogP contribution in [0.2, 0.25) is 0 Å². The number of amides is 1. The zero-order chi connectivity index (χ0) is 19.5. The lowest BCUT2D eigenvalue weighted by molar-refractivity contribution is 0.0979. The van der Waals surface area contributed by atoms with Gasteiger partial charge in [0, 0.05) is 25.1 Å². The van der Waals surface area contributed by atoms with E-state index >= 15 is 0 Å². The number of aryl methyl sites for hydroxylation is 2. The Balaban J connectivity index is 1.77. The van der Waals surface area contributed by atoms with Crippen LogP contribution in [-0.2, 0) is 19.5 Å². The van der Waals surface area contributed by atoms with Crippen molar-refractivity contribution in [3.05, 3.63) is 71.8 Å². The Morgan fingerprint density at radius 2 is 2.07 bits per heavy atom. The summed E-state index contributed by atoms with van der Waals surface area (Å²) in [6, 6.07) is 11.8. The standard InChI is InChI=1S/C21H21N5OS/c1-3-16-8-5-9-18-19(16)23-21(28-18)26(14-15-7-6-11-22-13-15)20(27)17-10-12-25(4-2)24-17/h5-13H,3-4,14H2,1-2H3. The van der Waals surface area contributed by atoms with E-state index in [4.69, 9.17) is 4.98 Å². The number of thiazole rings is 1. The zero-order valence-corrected chi connectivity index (χ0v) is 16.7. The minimum Gasteiger partial charge on any atom is -0.278 e. The highest BCUT2D eigenvalue weighted by Gasteiger charge is 2.24. The summed E-state index contributed by atoms with van der Waals surface area (Å²) in [6.45, 7) is 5.22. The molecule has 0 aliphatic rings. The molecule has 0 bridgehead atoms. The van der Waals surface area contributed by atoms with Gasteiger partial charge in [0.2, 0.25) is 0 Å². The fraction of sp³-hybridized carbons (Fsp3) is 0.238. The molecule has 28 heavy (non-hydrogen) atoms. The van der Waals surface area contributed by atoms with E-state index in [0.717, 1.165) is 28.7 Å². The van der Waals surface area contributed by atoms with Gasteiger partial charge in [0.25, 0.3) is 5.91 Å². The van der Waals surface area contributed by atoms with Crippen molar-refractivity contribution in [2.24, 2.45) is 0 Å². The fourth-order valence-corrected chi connectivity index (χ4v) is 4.10. The van der Waals surface area contributed by atoms with E-state index in [1.165, 1.54) is 16.9 Å². The maximum absolute atomic E-state index is 13.3. The van der Waals surface area contributed by atoms with E-state index in [0.29, 0.717) is 17.4 Å². The van der Waals surface area contributed by atoms with Crippen LogP contribution in [-0.4, -0.2) is 25.7 Å². The van der Waals surface area contributed by atoms with Crippen molar-refractivity contribution in [3.63, 3.8) is 0 Å². The fourth-order valence-electron chi connectivity index (χ4n) is 3.09. The summed E-state index contributed by atoms with van der Waals surface area (Å²) in [5.74, 6) is -0.159. The van der Waals surface area contributed by atoms with Crippen LogP contribution >= 0.6 is 11.3 Å². The van der Waals surface area contributed by atoms with Gasteiger partial charge in [-0.2, -0.15) is 5.10 Å². The first-order chi connectivity index (χ1) is 13.7. The Kier molecular flexibility index (Phi) is 5.16. The minimum absolute atomic E-state index is 0.159. The van der Waals surface area contributed by atoms with Crippen LogP contribution in [0.3, 0.4) is 0 Å². The molecular formula is C21H21N5OS. The number of para-hydroxylation sites is 1. The number of fused-ring (bicyclic) bond motifs is 1. The molecule has 3 heterocycles. The molecule has 0 aliphatic heterocycles. The Morgan fingerprint density at radius 3 is 2.79 bits per heavy atom. The van der Waals surface area contributed by atoms with Crippen LogP contribution in [0, 0.1) is 0 Å². The van der Waals surface area contributed by atoms with Crippen LogP contribution in [0.4, 0.5) is 5.13 Å². The summed E-state index contributed by atoms with van der Waals surface area (Å²) in [5, 5.41) is 5.07. The molecule has 0 saturated heterocycles. The number of hydrogen-bond acceptors (Lipinski definition) is 5. The van der Waals surface area contributed by atoms with Gasteiger partial charge in [0.15, 0.2) is 10.8 Å². The van der Waals surface area contributed by atoms with E-state index in [1.807, 2.05) is 37.4 Å². The number of rotatable bonds is 6. The first-order valence-corrected chi connectivity index (χ1v) is 10.1. The van der Waals surface area contributed by atoms with Gasteiger partial charge < -0.3 is 0 Å². The Bertz CT molecular complexity index is 1100. The second kappa shape index (κ2) is 7.90. The normalized spacial score (nSPS) is 11.1. The summed E-state index contributed by atoms with van der Waals surface area (Å²) in [4.78, 5) is 24.0. The van der Waals surface area contributed by atoms with Crippen molar-refractivity contribution in [2.45, 2.75) is 33.4 Å². The predicted molar refractivity (Wildman–Crippen MR) is 112 cm³/mol. The molecule has 1 amide bonds. The molecule has 0 N–H and O–H groups in total. The third kappa shape index (κ3) is 3.53. The van der Waals surface area contributed by atoms with Gasteiger partial charge in [-0.05, 0) is 42.7 Å². The number of hydrogen-bond donors (Lipinski definition) is 0. The summed E-state index contributed by atoms with van der Waals surface area (Å²) >= 11 is 1.53. The lowest BCUT2D eigenvalue weighted by Gasteiger charge is -2.18. The third-order valence-corrected chi connectivity index (χ3v) is 5.64. The number of carbonyl (C=O) groups is 1. The zero-order valence-electron chi connectivity index (χ0n) is 15.9. The first kappa shape index (κ1) is 18.3. The molecule has 7 heteroatoms. The highest BCUT2D eigenvalue weighted by Crippen LogP contribution is 2.32. The molecule has 4 rings (SSSR count). The minimum atomic E-state index is -0.159. The van der Waals surface area contributed by atoms with Crippen LogP contribution in [0.25, 0.3) is 10.2 Å². The number of anilines is 1. The monoisotopic (exact) mass is 391 g/mol. The summed E-state index contributed by atoms with van der Waals surface area (Å²) in [6.07, 6.45) is 6.22. The summed E-state index contributed by atoms with van der Waals surface area (Å²) < 4.78 is 2.83. The Labute approximate surface area is 167 Å². The van der Waals surface area contributed by atoms with Crippen molar-refractivity contribution >= 4 is 32.6 Å². The molecule has 0 atom stereocenters. The van der Waals surface area contributed by atoms with Gasteiger partial charge >= 0.3 is 0 Å². The van der Waals surface area contributed by atoms with Crippen LogP contribution in [0.5, 0.6) is 0 Å². The number of nitrogens with zero attached hydrogens (tertiary/aromatic N) is 5. The summed E-state index contributed by atoms with van der Waals surface area (Å²) in [7, 11) is 0. The van der Waals surface area contributed by atoms with Gasteiger partial charge in [-0.15, -0.1) is 0 Å². The van der Waals surface area contributed by atoms with Gasteiger partial charge in [-0.1, -0.05) is 36.5 Å². The Hall–Kier alpha value is -3.06. The largest absolute Gasteiger partial charge is 0.280 e. The SMILES string of the molecule is CCc1cccc2sc(N(Cc3cccnc3)C(=O)c3ccn(CC)n3)nc12. The van der Waals surface area contributed by atoms with Gasteiger partial charge in [-0.3, -0.25) is 19.4 Å². The number of pyridine rings is 1. The molecule has 0 saturated carbocycles. The van der Waals surface area contributed by atoms with Crippen molar-refractivity contribution < 1.29 is 4.79 Å². The lowest BCUT2D eigenvalue weighted by atomic mass is 10.1. The number of benzene rings is 1. The van der Waals surface area contributed by atoms with Crippen molar-refractivity contribution in [3.8, 4) is 0 Å². The Morgan fingerprint density at radius 1 is 1.18 bits per heavy atom. The molecule has 0 unspecified atom stereocenters. The van der Waals surface area contributed by atoms with Crippen molar-refractivity contribution in [1.82, 2.24) is 19.7 Å². The van der Waals surface area contributed by atoms with E-state index in [2.05, 4.69) is 23.1 Å². The van der Waals surface area contributed by atoms with Crippen LogP contribution < -0.4 is 4.90 Å². The highest BCUT2D eigenvalue weighted by atomic mass is 32.1. The molecule has 142 valence electrons. The third-order valence-electron chi connectivity index (χ3n) is 4.60. The topological polar surface area (TPSA) is 63.9 Å². The second-order valence-corrected chi connectivity index (χ2v) is 7.43. The van der Waals surface area contributed by atoms with Gasteiger partial charge in [0.05, 0.1) is 16.8 Å².